The Balaban J connectivity index is 1.23. The molecule has 1 amide bonds. The summed E-state index contributed by atoms with van der Waals surface area (Å²) in [5, 5.41) is 3.87. The Kier molecular flexibility index (Phi) is 6.27. The third-order valence-electron chi connectivity index (χ3n) is 7.12. The Morgan fingerprint density at radius 3 is 2.74 bits per heavy atom. The van der Waals surface area contributed by atoms with Gasteiger partial charge in [-0.3, -0.25) is 14.5 Å². The molecule has 1 unspecified atom stereocenters. The molecule has 1 aromatic carbocycles. The minimum absolute atomic E-state index is 0.130. The minimum Gasteiger partial charge on any atom is -0.369 e. The number of pyridine rings is 2. The normalized spacial score (nSPS) is 19.6. The van der Waals surface area contributed by atoms with E-state index in [2.05, 4.69) is 25.1 Å². The molecule has 3 aromatic rings. The van der Waals surface area contributed by atoms with Gasteiger partial charge in [-0.15, -0.1) is 0 Å². The SMILES string of the molecule is CNC(=O)c1cc(Cl)c(N2CCC(N3CCC(c4cc5cccc(F)c5c(=O)[nH]4)C3)CC2)cn1. The van der Waals surface area contributed by atoms with Gasteiger partial charge in [-0.25, -0.2) is 9.37 Å². The summed E-state index contributed by atoms with van der Waals surface area (Å²) in [7, 11) is 1.57. The summed E-state index contributed by atoms with van der Waals surface area (Å²) in [5.74, 6) is -0.508. The molecule has 9 heteroatoms. The first-order chi connectivity index (χ1) is 16.4. The standard InChI is InChI=1S/C25H27ClFN5O2/c1-28-24(33)21-12-18(26)22(13-29-21)31-9-6-17(7-10-31)32-8-5-16(14-32)20-11-15-3-2-4-19(27)23(15)25(34)30-20/h2-4,11-13,16-17H,5-10,14H2,1H3,(H,28,33)(H,30,34). The van der Waals surface area contributed by atoms with Gasteiger partial charge in [-0.05, 0) is 49.4 Å². The Labute approximate surface area is 201 Å². The molecule has 2 N–H and O–H groups in total. The summed E-state index contributed by atoms with van der Waals surface area (Å²) < 4.78 is 14.0. The second kappa shape index (κ2) is 9.35. The molecule has 0 aliphatic carbocycles. The Bertz CT molecular complexity index is 1290. The lowest BCUT2D eigenvalue weighted by Crippen LogP contribution is -2.44. The molecule has 5 rings (SSSR count). The summed E-state index contributed by atoms with van der Waals surface area (Å²) >= 11 is 6.45. The number of halogens is 2. The molecule has 7 nitrogen and oxygen atoms in total. The van der Waals surface area contributed by atoms with E-state index in [-0.39, 0.29) is 22.8 Å². The number of anilines is 1. The lowest BCUT2D eigenvalue weighted by Gasteiger charge is -2.38. The third-order valence-corrected chi connectivity index (χ3v) is 7.42. The Morgan fingerprint density at radius 2 is 2.00 bits per heavy atom. The molecule has 1 atom stereocenters. The summed E-state index contributed by atoms with van der Waals surface area (Å²) in [6, 6.07) is 8.75. The number of hydrogen-bond donors (Lipinski definition) is 2. The fourth-order valence-electron chi connectivity index (χ4n) is 5.27. The van der Waals surface area contributed by atoms with Gasteiger partial charge in [0, 0.05) is 44.3 Å². The van der Waals surface area contributed by atoms with E-state index in [1.807, 2.05) is 6.07 Å². The maximum atomic E-state index is 14.0. The molecule has 34 heavy (non-hydrogen) atoms. The summed E-state index contributed by atoms with van der Waals surface area (Å²) in [4.78, 5) is 36.2. The zero-order valence-corrected chi connectivity index (χ0v) is 19.7. The number of rotatable bonds is 4. The number of hydrogen-bond acceptors (Lipinski definition) is 5. The predicted molar refractivity (Wildman–Crippen MR) is 131 cm³/mol. The summed E-state index contributed by atoms with van der Waals surface area (Å²) in [6.07, 6.45) is 4.64. The van der Waals surface area contributed by atoms with E-state index in [1.165, 1.54) is 6.07 Å². The van der Waals surface area contributed by atoms with Crippen molar-refractivity contribution in [2.45, 2.75) is 31.2 Å². The molecule has 0 spiro atoms. The lowest BCUT2D eigenvalue weighted by molar-refractivity contribution is 0.0958. The Morgan fingerprint density at radius 1 is 1.21 bits per heavy atom. The van der Waals surface area contributed by atoms with Gasteiger partial charge >= 0.3 is 0 Å². The first-order valence-electron chi connectivity index (χ1n) is 11.6. The van der Waals surface area contributed by atoms with Crippen LogP contribution in [0.5, 0.6) is 0 Å². The van der Waals surface area contributed by atoms with Crippen molar-refractivity contribution in [2.24, 2.45) is 0 Å². The number of H-pyrrole nitrogens is 1. The van der Waals surface area contributed by atoms with Crippen LogP contribution >= 0.6 is 11.6 Å². The van der Waals surface area contributed by atoms with Crippen molar-refractivity contribution in [3.8, 4) is 0 Å². The van der Waals surface area contributed by atoms with Crippen LogP contribution in [-0.4, -0.2) is 60.0 Å². The number of carbonyl (C=O) groups is 1. The van der Waals surface area contributed by atoms with Gasteiger partial charge in [0.15, 0.2) is 0 Å². The highest BCUT2D eigenvalue weighted by Crippen LogP contribution is 2.33. The van der Waals surface area contributed by atoms with Crippen LogP contribution in [0.15, 0.2) is 41.3 Å². The van der Waals surface area contributed by atoms with E-state index >= 15 is 0 Å². The number of nitrogens with one attached hydrogen (secondary N) is 2. The van der Waals surface area contributed by atoms with Crippen molar-refractivity contribution in [1.82, 2.24) is 20.2 Å². The molecule has 2 fully saturated rings. The van der Waals surface area contributed by atoms with Crippen LogP contribution in [0.2, 0.25) is 5.02 Å². The topological polar surface area (TPSA) is 81.3 Å². The summed E-state index contributed by atoms with van der Waals surface area (Å²) in [6.45, 7) is 3.57. The molecule has 0 radical (unpaired) electrons. The summed E-state index contributed by atoms with van der Waals surface area (Å²) in [5.41, 5.74) is 1.69. The maximum absolute atomic E-state index is 14.0. The third kappa shape index (κ3) is 4.28. The van der Waals surface area contributed by atoms with Crippen LogP contribution in [0.25, 0.3) is 10.8 Å². The average Bonchev–Trinajstić information content (AvgIpc) is 3.34. The van der Waals surface area contributed by atoms with E-state index < -0.39 is 5.82 Å². The number of amides is 1. The van der Waals surface area contributed by atoms with Gasteiger partial charge in [-0.1, -0.05) is 23.7 Å². The number of aromatic amines is 1. The molecule has 2 aliphatic rings. The zero-order valence-electron chi connectivity index (χ0n) is 19.0. The van der Waals surface area contributed by atoms with E-state index in [4.69, 9.17) is 11.6 Å². The van der Waals surface area contributed by atoms with Gasteiger partial charge in [-0.2, -0.15) is 0 Å². The van der Waals surface area contributed by atoms with Crippen LogP contribution in [-0.2, 0) is 0 Å². The molecular formula is C25H27ClFN5O2. The van der Waals surface area contributed by atoms with Crippen molar-refractivity contribution in [3.63, 3.8) is 0 Å². The maximum Gasteiger partial charge on any atom is 0.269 e. The van der Waals surface area contributed by atoms with Crippen LogP contribution in [0.3, 0.4) is 0 Å². The molecule has 2 saturated heterocycles. The number of likely N-dealkylation sites (tertiary alicyclic amines) is 1. The number of benzene rings is 1. The predicted octanol–water partition coefficient (Wildman–Crippen LogP) is 3.53. The fourth-order valence-corrected chi connectivity index (χ4v) is 5.54. The van der Waals surface area contributed by atoms with E-state index in [0.717, 1.165) is 56.8 Å². The second-order valence-electron chi connectivity index (χ2n) is 9.06. The first kappa shape index (κ1) is 22.8. The second-order valence-corrected chi connectivity index (χ2v) is 9.46. The van der Waals surface area contributed by atoms with Crippen molar-refractivity contribution in [2.75, 3.05) is 38.1 Å². The van der Waals surface area contributed by atoms with Gasteiger partial charge in [0.1, 0.15) is 11.5 Å². The number of aromatic nitrogens is 2. The van der Waals surface area contributed by atoms with Crippen LogP contribution in [0, 0.1) is 5.82 Å². The molecule has 0 saturated carbocycles. The molecule has 4 heterocycles. The molecule has 2 aliphatic heterocycles. The smallest absolute Gasteiger partial charge is 0.269 e. The molecule has 0 bridgehead atoms. The van der Waals surface area contributed by atoms with Gasteiger partial charge < -0.3 is 15.2 Å². The van der Waals surface area contributed by atoms with Gasteiger partial charge in [0.25, 0.3) is 11.5 Å². The number of piperidine rings is 1. The van der Waals surface area contributed by atoms with Gasteiger partial charge in [0.2, 0.25) is 0 Å². The van der Waals surface area contributed by atoms with Crippen LogP contribution < -0.4 is 15.8 Å². The number of nitrogens with zero attached hydrogens (tertiary/aromatic N) is 3. The average molecular weight is 484 g/mol. The van der Waals surface area contributed by atoms with E-state index in [0.29, 0.717) is 22.1 Å². The fraction of sp³-hybridized carbons (Fsp3) is 0.400. The quantitative estimate of drug-likeness (QED) is 0.593. The van der Waals surface area contributed by atoms with E-state index in [9.17, 15) is 14.0 Å². The highest BCUT2D eigenvalue weighted by Gasteiger charge is 2.32. The van der Waals surface area contributed by atoms with Crippen molar-refractivity contribution in [1.29, 1.82) is 0 Å². The van der Waals surface area contributed by atoms with Crippen LogP contribution in [0.4, 0.5) is 10.1 Å². The first-order valence-corrected chi connectivity index (χ1v) is 12.0. The Hall–Kier alpha value is -2.97. The van der Waals surface area contributed by atoms with Crippen molar-refractivity contribution < 1.29 is 9.18 Å². The number of fused-ring (bicyclic) bond motifs is 1. The zero-order chi connectivity index (χ0) is 23.8. The minimum atomic E-state index is -0.483. The van der Waals surface area contributed by atoms with Crippen molar-refractivity contribution >= 4 is 34.0 Å². The number of carbonyl (C=O) groups excluding carboxylic acids is 1. The van der Waals surface area contributed by atoms with Crippen LogP contribution in [0.1, 0.15) is 41.4 Å². The highest BCUT2D eigenvalue weighted by molar-refractivity contribution is 6.33. The largest absolute Gasteiger partial charge is 0.369 e. The van der Waals surface area contributed by atoms with Gasteiger partial charge in [0.05, 0.1) is 22.3 Å². The van der Waals surface area contributed by atoms with E-state index in [1.54, 1.807) is 31.4 Å². The molecular weight excluding hydrogens is 457 g/mol. The van der Waals surface area contributed by atoms with Crippen molar-refractivity contribution in [3.05, 3.63) is 69.1 Å². The highest BCUT2D eigenvalue weighted by atomic mass is 35.5. The lowest BCUT2D eigenvalue weighted by atomic mass is 10.0. The molecule has 178 valence electrons. The molecule has 2 aromatic heterocycles. The monoisotopic (exact) mass is 483 g/mol.